The van der Waals surface area contributed by atoms with E-state index in [9.17, 15) is 10.1 Å². The Hall–Kier alpha value is -1.69. The number of nitrogens with one attached hydrogen (secondary N) is 1. The van der Waals surface area contributed by atoms with Crippen LogP contribution in [0.1, 0.15) is 20.3 Å². The van der Waals surface area contributed by atoms with Gasteiger partial charge in [-0.25, -0.2) is 0 Å². The van der Waals surface area contributed by atoms with Crippen LogP contribution in [0.4, 0.5) is 11.5 Å². The van der Waals surface area contributed by atoms with E-state index in [4.69, 9.17) is 0 Å². The fourth-order valence-corrected chi connectivity index (χ4v) is 1.51. The summed E-state index contributed by atoms with van der Waals surface area (Å²) in [6.45, 7) is 6.06. The summed E-state index contributed by atoms with van der Waals surface area (Å²) < 4.78 is 0. The van der Waals surface area contributed by atoms with Crippen molar-refractivity contribution in [3.63, 3.8) is 0 Å². The Bertz CT molecular complexity index is 380. The number of anilines is 1. The lowest BCUT2D eigenvalue weighted by Gasteiger charge is -2.23. The summed E-state index contributed by atoms with van der Waals surface area (Å²) in [7, 11) is 2.09. The van der Waals surface area contributed by atoms with Crippen molar-refractivity contribution in [3.8, 4) is 0 Å². The van der Waals surface area contributed by atoms with Crippen molar-refractivity contribution in [2.45, 2.75) is 26.3 Å². The van der Waals surface area contributed by atoms with Gasteiger partial charge in [0.05, 0.1) is 5.69 Å². The van der Waals surface area contributed by atoms with Gasteiger partial charge in [0.1, 0.15) is 0 Å². The summed E-state index contributed by atoms with van der Waals surface area (Å²) in [6.07, 6.45) is 2.61. The van der Waals surface area contributed by atoms with Crippen molar-refractivity contribution in [2.75, 3.05) is 25.5 Å². The molecule has 1 aromatic heterocycles. The van der Waals surface area contributed by atoms with Crippen molar-refractivity contribution in [1.82, 2.24) is 9.88 Å². The van der Waals surface area contributed by atoms with Gasteiger partial charge in [-0.3, -0.25) is 0 Å². The van der Waals surface area contributed by atoms with Crippen molar-refractivity contribution in [3.05, 3.63) is 28.4 Å². The number of rotatable bonds is 7. The second kappa shape index (κ2) is 6.90. The van der Waals surface area contributed by atoms with Crippen LogP contribution in [-0.4, -0.2) is 41.0 Å². The molecule has 0 amide bonds. The van der Waals surface area contributed by atoms with Crippen LogP contribution in [0.15, 0.2) is 18.3 Å². The first-order chi connectivity index (χ1) is 8.54. The predicted molar refractivity (Wildman–Crippen MR) is 71.8 cm³/mol. The minimum atomic E-state index is -0.500. The Morgan fingerprint density at radius 2 is 2.28 bits per heavy atom. The second-order valence-electron chi connectivity index (χ2n) is 4.33. The van der Waals surface area contributed by atoms with Crippen LogP contribution in [-0.2, 0) is 0 Å². The zero-order valence-electron chi connectivity index (χ0n) is 11.1. The second-order valence-corrected chi connectivity index (χ2v) is 4.33. The van der Waals surface area contributed by atoms with Gasteiger partial charge in [-0.2, -0.15) is 0 Å². The molecule has 1 unspecified atom stereocenters. The van der Waals surface area contributed by atoms with Crippen molar-refractivity contribution in [1.29, 1.82) is 0 Å². The highest BCUT2D eigenvalue weighted by molar-refractivity contribution is 5.43. The molecule has 6 heteroatoms. The summed E-state index contributed by atoms with van der Waals surface area (Å²) in [5, 5.41) is 13.6. The number of hydrogen-bond donors (Lipinski definition) is 1. The first-order valence-electron chi connectivity index (χ1n) is 6.09. The number of nitrogens with zero attached hydrogens (tertiary/aromatic N) is 3. The number of hydrogen-bond acceptors (Lipinski definition) is 5. The van der Waals surface area contributed by atoms with Gasteiger partial charge in [0.25, 0.3) is 0 Å². The van der Waals surface area contributed by atoms with Gasteiger partial charge in [0, 0.05) is 25.2 Å². The van der Waals surface area contributed by atoms with E-state index in [2.05, 4.69) is 36.1 Å². The zero-order valence-corrected chi connectivity index (χ0v) is 11.1. The maximum absolute atomic E-state index is 10.4. The average molecular weight is 252 g/mol. The van der Waals surface area contributed by atoms with E-state index in [1.165, 1.54) is 12.3 Å². The molecule has 0 saturated carbocycles. The molecule has 1 atom stereocenters. The summed E-state index contributed by atoms with van der Waals surface area (Å²) >= 11 is 0. The number of aromatic nitrogens is 1. The highest BCUT2D eigenvalue weighted by atomic mass is 16.6. The first kappa shape index (κ1) is 14.4. The van der Waals surface area contributed by atoms with Crippen LogP contribution >= 0.6 is 0 Å². The van der Waals surface area contributed by atoms with E-state index < -0.39 is 4.92 Å². The normalized spacial score (nSPS) is 12.4. The lowest BCUT2D eigenvalue weighted by atomic mass is 10.2. The molecule has 0 aliphatic heterocycles. The van der Waals surface area contributed by atoms with Crippen molar-refractivity contribution < 1.29 is 4.92 Å². The molecule has 0 aromatic carbocycles. The molecule has 0 fully saturated rings. The zero-order chi connectivity index (χ0) is 13.5. The third-order valence-electron chi connectivity index (χ3n) is 3.07. The monoisotopic (exact) mass is 252 g/mol. The van der Waals surface area contributed by atoms with Crippen LogP contribution in [0, 0.1) is 10.1 Å². The minimum Gasteiger partial charge on any atom is -0.381 e. The van der Waals surface area contributed by atoms with Crippen LogP contribution in [0.25, 0.3) is 0 Å². The average Bonchev–Trinajstić information content (AvgIpc) is 2.38. The lowest BCUT2D eigenvalue weighted by molar-refractivity contribution is -0.389. The molecular weight excluding hydrogens is 232 g/mol. The fourth-order valence-electron chi connectivity index (χ4n) is 1.51. The van der Waals surface area contributed by atoms with Gasteiger partial charge in [-0.05, 0) is 36.4 Å². The maximum Gasteiger partial charge on any atom is 0.363 e. The van der Waals surface area contributed by atoms with Gasteiger partial charge in [0.2, 0.25) is 0 Å². The molecule has 1 aromatic rings. The molecule has 0 aliphatic rings. The largest absolute Gasteiger partial charge is 0.381 e. The third-order valence-corrected chi connectivity index (χ3v) is 3.07. The van der Waals surface area contributed by atoms with Gasteiger partial charge < -0.3 is 20.3 Å². The Balaban J connectivity index is 2.38. The van der Waals surface area contributed by atoms with Gasteiger partial charge >= 0.3 is 5.82 Å². The van der Waals surface area contributed by atoms with Crippen molar-refractivity contribution in [2.24, 2.45) is 0 Å². The minimum absolute atomic E-state index is 0.128. The van der Waals surface area contributed by atoms with Gasteiger partial charge in [0.15, 0.2) is 6.20 Å². The standard InChI is InChI=1S/C12H20N4O2/c1-4-10(2)15(3)8-7-13-11-5-6-12(14-9-11)16(17)18/h5-6,9-10,13H,4,7-8H2,1-3H3. The molecule has 18 heavy (non-hydrogen) atoms. The van der Waals surface area contributed by atoms with Gasteiger partial charge in [-0.15, -0.1) is 0 Å². The molecule has 6 nitrogen and oxygen atoms in total. The Kier molecular flexibility index (Phi) is 5.51. The smallest absolute Gasteiger partial charge is 0.363 e. The molecule has 0 saturated heterocycles. The molecule has 1 N–H and O–H groups in total. The van der Waals surface area contributed by atoms with Crippen LogP contribution < -0.4 is 5.32 Å². The molecule has 0 aliphatic carbocycles. The first-order valence-corrected chi connectivity index (χ1v) is 6.09. The van der Waals surface area contributed by atoms with Crippen LogP contribution in [0.5, 0.6) is 0 Å². The topological polar surface area (TPSA) is 71.3 Å². The molecule has 1 heterocycles. The van der Waals surface area contributed by atoms with E-state index in [0.29, 0.717) is 6.04 Å². The quantitative estimate of drug-likeness (QED) is 0.594. The number of likely N-dealkylation sites (N-methyl/N-ethyl adjacent to an activating group) is 1. The highest BCUT2D eigenvalue weighted by Gasteiger charge is 2.07. The Morgan fingerprint density at radius 3 is 2.78 bits per heavy atom. The van der Waals surface area contributed by atoms with E-state index in [0.717, 1.165) is 25.2 Å². The maximum atomic E-state index is 10.4. The van der Waals surface area contributed by atoms with Crippen LogP contribution in [0.3, 0.4) is 0 Å². The van der Waals surface area contributed by atoms with E-state index in [1.54, 1.807) is 6.07 Å². The van der Waals surface area contributed by atoms with Crippen LogP contribution in [0.2, 0.25) is 0 Å². The Labute approximate surface area is 107 Å². The van der Waals surface area contributed by atoms with E-state index >= 15 is 0 Å². The Morgan fingerprint density at radius 1 is 1.56 bits per heavy atom. The predicted octanol–water partition coefficient (Wildman–Crippen LogP) is 2.13. The SMILES string of the molecule is CCC(C)N(C)CCNc1ccc([N+](=O)[O-])nc1. The molecular formula is C12H20N4O2. The number of pyridine rings is 1. The third kappa shape index (κ3) is 4.29. The molecule has 0 radical (unpaired) electrons. The summed E-state index contributed by atoms with van der Waals surface area (Å²) in [5.74, 6) is -0.128. The molecule has 0 bridgehead atoms. The fraction of sp³-hybridized carbons (Fsp3) is 0.583. The van der Waals surface area contributed by atoms with Gasteiger partial charge in [-0.1, -0.05) is 6.92 Å². The van der Waals surface area contributed by atoms with E-state index in [1.807, 2.05) is 0 Å². The summed E-state index contributed by atoms with van der Waals surface area (Å²) in [4.78, 5) is 16.0. The van der Waals surface area contributed by atoms with Crippen molar-refractivity contribution >= 4 is 11.5 Å². The summed E-state index contributed by atoms with van der Waals surface area (Å²) in [5.41, 5.74) is 0.804. The highest BCUT2D eigenvalue weighted by Crippen LogP contribution is 2.11. The lowest BCUT2D eigenvalue weighted by Crippen LogP contribution is -2.32. The summed E-state index contributed by atoms with van der Waals surface area (Å²) in [6, 6.07) is 3.64. The molecule has 100 valence electrons. The molecule has 0 spiro atoms. The molecule has 1 rings (SSSR count). The van der Waals surface area contributed by atoms with E-state index in [-0.39, 0.29) is 5.82 Å². The number of nitro groups is 1.